The summed E-state index contributed by atoms with van der Waals surface area (Å²) in [5.41, 5.74) is 8.69. The van der Waals surface area contributed by atoms with Crippen LogP contribution in [0.4, 0.5) is 10.2 Å². The molecular formula is C24H25FN4O2. The van der Waals surface area contributed by atoms with Gasteiger partial charge in [-0.05, 0) is 37.0 Å². The summed E-state index contributed by atoms with van der Waals surface area (Å²) in [6.07, 6.45) is 4.72. The Kier molecular flexibility index (Phi) is 6.23. The number of ether oxygens (including phenoxy) is 1. The predicted molar refractivity (Wildman–Crippen MR) is 117 cm³/mol. The van der Waals surface area contributed by atoms with E-state index in [1.165, 1.54) is 12.1 Å². The molecule has 0 aliphatic heterocycles. The summed E-state index contributed by atoms with van der Waals surface area (Å²) < 4.78 is 20.2. The van der Waals surface area contributed by atoms with Crippen molar-refractivity contribution in [3.05, 3.63) is 77.4 Å². The van der Waals surface area contributed by atoms with E-state index in [4.69, 9.17) is 10.5 Å². The number of hydrogen-bond donors (Lipinski definition) is 2. The van der Waals surface area contributed by atoms with Crippen molar-refractivity contribution in [1.29, 1.82) is 0 Å². The normalized spacial score (nSPS) is 18.1. The van der Waals surface area contributed by atoms with Crippen LogP contribution in [-0.4, -0.2) is 29.1 Å². The van der Waals surface area contributed by atoms with Gasteiger partial charge in [-0.2, -0.15) is 0 Å². The Morgan fingerprint density at radius 2 is 2.03 bits per heavy atom. The lowest BCUT2D eigenvalue weighted by Crippen LogP contribution is -2.23. The minimum atomic E-state index is -0.630. The van der Waals surface area contributed by atoms with Gasteiger partial charge in [-0.3, -0.25) is 4.79 Å². The Morgan fingerprint density at radius 1 is 1.23 bits per heavy atom. The third-order valence-electron chi connectivity index (χ3n) is 5.74. The third-order valence-corrected chi connectivity index (χ3v) is 5.74. The highest BCUT2D eigenvalue weighted by molar-refractivity contribution is 5.95. The molecule has 1 aromatic heterocycles. The molecule has 2 aromatic carbocycles. The van der Waals surface area contributed by atoms with Crippen LogP contribution in [0.25, 0.3) is 11.3 Å². The molecule has 0 radical (unpaired) electrons. The molecule has 3 N–H and O–H groups in total. The molecule has 1 saturated carbocycles. The summed E-state index contributed by atoms with van der Waals surface area (Å²) in [4.78, 5) is 21.4. The molecule has 0 bridgehead atoms. The van der Waals surface area contributed by atoms with Crippen LogP contribution in [0.2, 0.25) is 0 Å². The molecule has 1 aliphatic rings. The van der Waals surface area contributed by atoms with Crippen molar-refractivity contribution in [1.82, 2.24) is 15.3 Å². The fourth-order valence-corrected chi connectivity index (χ4v) is 3.96. The molecule has 6 nitrogen and oxygen atoms in total. The predicted octanol–water partition coefficient (Wildman–Crippen LogP) is 4.08. The number of nitrogens with two attached hydrogens (primary N) is 1. The number of aromatic nitrogens is 2. The molecule has 4 rings (SSSR count). The highest BCUT2D eigenvalue weighted by atomic mass is 19.1. The summed E-state index contributed by atoms with van der Waals surface area (Å²) in [6.45, 7) is 0.325. The van der Waals surface area contributed by atoms with E-state index >= 15 is 0 Å². The monoisotopic (exact) mass is 420 g/mol. The first-order chi connectivity index (χ1) is 15.0. The van der Waals surface area contributed by atoms with Crippen LogP contribution in [0, 0.1) is 5.82 Å². The van der Waals surface area contributed by atoms with Crippen molar-refractivity contribution < 1.29 is 13.9 Å². The fraction of sp³-hybridized carbons (Fsp3) is 0.292. The number of nitrogens with zero attached hydrogens (tertiary/aromatic N) is 2. The maximum absolute atomic E-state index is 14.8. The van der Waals surface area contributed by atoms with Gasteiger partial charge < -0.3 is 15.8 Å². The molecule has 1 aliphatic carbocycles. The van der Waals surface area contributed by atoms with Gasteiger partial charge in [0.1, 0.15) is 17.3 Å². The topological polar surface area (TPSA) is 90.1 Å². The van der Waals surface area contributed by atoms with E-state index in [1.54, 1.807) is 19.4 Å². The second-order valence-corrected chi connectivity index (χ2v) is 7.76. The number of rotatable bonds is 6. The van der Waals surface area contributed by atoms with Gasteiger partial charge in [-0.15, -0.1) is 0 Å². The standard InChI is InChI=1S/C24H25FN4O2/c1-31-18-9-7-16(11-18)21-14-27-23(26)22(29-21)17-8-10-19(20(25)12-17)24(30)28-13-15-5-3-2-4-6-15/h2-6,8,10,12,14,16,18H,7,9,11,13H2,1H3,(H2,26,27)(H,28,30)/t16-,18?/m1/s1. The van der Waals surface area contributed by atoms with Gasteiger partial charge in [0, 0.05) is 25.1 Å². The van der Waals surface area contributed by atoms with Crippen molar-refractivity contribution >= 4 is 11.7 Å². The first-order valence-electron chi connectivity index (χ1n) is 10.3. The molecule has 31 heavy (non-hydrogen) atoms. The van der Waals surface area contributed by atoms with Gasteiger partial charge in [0.05, 0.1) is 23.6 Å². The highest BCUT2D eigenvalue weighted by Gasteiger charge is 2.27. The lowest BCUT2D eigenvalue weighted by molar-refractivity contribution is 0.0947. The Morgan fingerprint density at radius 3 is 2.74 bits per heavy atom. The minimum Gasteiger partial charge on any atom is -0.382 e. The first kappa shape index (κ1) is 20.9. The van der Waals surface area contributed by atoms with Gasteiger partial charge in [-0.25, -0.2) is 14.4 Å². The Bertz CT molecular complexity index is 1070. The number of amides is 1. The molecule has 0 saturated heterocycles. The molecule has 7 heteroatoms. The highest BCUT2D eigenvalue weighted by Crippen LogP contribution is 2.36. The van der Waals surface area contributed by atoms with Crippen LogP contribution >= 0.6 is 0 Å². The van der Waals surface area contributed by atoms with E-state index in [0.29, 0.717) is 17.8 Å². The second kappa shape index (κ2) is 9.22. The number of nitrogens with one attached hydrogen (secondary N) is 1. The number of carbonyl (C=O) groups excluding carboxylic acids is 1. The number of benzene rings is 2. The molecule has 1 fully saturated rings. The maximum Gasteiger partial charge on any atom is 0.254 e. The van der Waals surface area contributed by atoms with Crippen molar-refractivity contribution in [3.63, 3.8) is 0 Å². The molecule has 1 unspecified atom stereocenters. The largest absolute Gasteiger partial charge is 0.382 e. The summed E-state index contributed by atoms with van der Waals surface area (Å²) in [5, 5.41) is 2.74. The second-order valence-electron chi connectivity index (χ2n) is 7.76. The third kappa shape index (κ3) is 4.72. The fourth-order valence-electron chi connectivity index (χ4n) is 3.96. The number of carbonyl (C=O) groups is 1. The van der Waals surface area contributed by atoms with Crippen LogP contribution in [0.5, 0.6) is 0 Å². The van der Waals surface area contributed by atoms with Crippen molar-refractivity contribution in [3.8, 4) is 11.3 Å². The van der Waals surface area contributed by atoms with E-state index in [9.17, 15) is 9.18 Å². The summed E-state index contributed by atoms with van der Waals surface area (Å²) in [7, 11) is 1.72. The van der Waals surface area contributed by atoms with Crippen molar-refractivity contribution in [2.75, 3.05) is 12.8 Å². The van der Waals surface area contributed by atoms with Gasteiger partial charge in [-0.1, -0.05) is 36.4 Å². The van der Waals surface area contributed by atoms with E-state index in [0.717, 1.165) is 30.5 Å². The van der Waals surface area contributed by atoms with Crippen LogP contribution in [-0.2, 0) is 11.3 Å². The van der Waals surface area contributed by atoms with Gasteiger partial charge in [0.25, 0.3) is 5.91 Å². The Labute approximate surface area is 180 Å². The van der Waals surface area contributed by atoms with Crippen LogP contribution in [0.3, 0.4) is 0 Å². The maximum atomic E-state index is 14.8. The SMILES string of the molecule is COC1CC[C@@H](c2cnc(N)c(-c3ccc(C(=O)NCc4ccccc4)c(F)c3)n2)C1. The zero-order valence-electron chi connectivity index (χ0n) is 17.3. The average molecular weight is 420 g/mol. The van der Waals surface area contributed by atoms with Crippen molar-refractivity contribution in [2.24, 2.45) is 0 Å². The van der Waals surface area contributed by atoms with E-state index in [1.807, 2.05) is 30.3 Å². The number of hydrogen-bond acceptors (Lipinski definition) is 5. The molecule has 160 valence electrons. The lowest BCUT2D eigenvalue weighted by atomic mass is 10.0. The number of halogens is 1. The number of anilines is 1. The van der Waals surface area contributed by atoms with Crippen molar-refractivity contribution in [2.45, 2.75) is 37.8 Å². The summed E-state index contributed by atoms with van der Waals surface area (Å²) >= 11 is 0. The molecule has 2 atom stereocenters. The number of nitrogen functional groups attached to an aromatic ring is 1. The summed E-state index contributed by atoms with van der Waals surface area (Å²) in [5.74, 6) is -0.636. The Balaban J connectivity index is 1.52. The van der Waals surface area contributed by atoms with Crippen LogP contribution < -0.4 is 11.1 Å². The Hall–Kier alpha value is -3.32. The minimum absolute atomic E-state index is 0.0268. The first-order valence-corrected chi connectivity index (χ1v) is 10.3. The van der Waals surface area contributed by atoms with Gasteiger partial charge in [0.2, 0.25) is 0 Å². The van der Waals surface area contributed by atoms with Crippen LogP contribution in [0.15, 0.2) is 54.7 Å². The van der Waals surface area contributed by atoms with Gasteiger partial charge >= 0.3 is 0 Å². The zero-order valence-corrected chi connectivity index (χ0v) is 17.3. The average Bonchev–Trinajstić information content (AvgIpc) is 3.28. The van der Waals surface area contributed by atoms with E-state index < -0.39 is 11.7 Å². The van der Waals surface area contributed by atoms with Gasteiger partial charge in [0.15, 0.2) is 0 Å². The van der Waals surface area contributed by atoms with E-state index in [-0.39, 0.29) is 23.4 Å². The lowest BCUT2D eigenvalue weighted by Gasteiger charge is -2.13. The molecule has 1 amide bonds. The zero-order chi connectivity index (χ0) is 21.8. The quantitative estimate of drug-likeness (QED) is 0.627. The smallest absolute Gasteiger partial charge is 0.254 e. The molecule has 0 spiro atoms. The van der Waals surface area contributed by atoms with E-state index in [2.05, 4.69) is 15.3 Å². The number of methoxy groups -OCH3 is 1. The molecule has 3 aromatic rings. The summed E-state index contributed by atoms with van der Waals surface area (Å²) in [6, 6.07) is 13.9. The van der Waals surface area contributed by atoms with Crippen LogP contribution in [0.1, 0.15) is 46.8 Å². The molecular weight excluding hydrogens is 395 g/mol. The molecule has 1 heterocycles.